The lowest BCUT2D eigenvalue weighted by molar-refractivity contribution is -0.132. The van der Waals surface area contributed by atoms with Gasteiger partial charge in [-0.15, -0.1) is 0 Å². The molecular weight excluding hydrogens is 454 g/mol. The van der Waals surface area contributed by atoms with Crippen molar-refractivity contribution in [3.63, 3.8) is 0 Å². The van der Waals surface area contributed by atoms with Crippen molar-refractivity contribution < 1.29 is 24.0 Å². The predicted octanol–water partition coefficient (Wildman–Crippen LogP) is 2.06. The van der Waals surface area contributed by atoms with E-state index in [0.29, 0.717) is 10.2 Å². The van der Waals surface area contributed by atoms with E-state index in [4.69, 9.17) is 0 Å². The second kappa shape index (κ2) is 7.91. The number of nitrogens with zero attached hydrogens (tertiary/aromatic N) is 2. The largest absolute Gasteiger partial charge is 0.347 e. The molecule has 2 aromatic rings. The van der Waals surface area contributed by atoms with E-state index in [1.165, 1.54) is 6.07 Å². The number of hydrogen-bond acceptors (Lipinski definition) is 6. The molecule has 0 radical (unpaired) electrons. The Balaban J connectivity index is 1.57. The van der Waals surface area contributed by atoms with E-state index in [1.807, 2.05) is 0 Å². The zero-order valence-electron chi connectivity index (χ0n) is 15.7. The highest BCUT2D eigenvalue weighted by Gasteiger charge is 2.45. The SMILES string of the molecule is O=C1CCC(N2C(=O)c3cccc(CNC(=O)c4cccc(Br)n4)c3C2=O)C(=O)C1. The molecule has 2 heterocycles. The number of rotatable bonds is 4. The van der Waals surface area contributed by atoms with E-state index >= 15 is 0 Å². The molecule has 1 aromatic heterocycles. The van der Waals surface area contributed by atoms with Crippen molar-refractivity contribution >= 4 is 45.2 Å². The summed E-state index contributed by atoms with van der Waals surface area (Å²) in [6.45, 7) is 0.0140. The maximum absolute atomic E-state index is 13.1. The summed E-state index contributed by atoms with van der Waals surface area (Å²) in [4.78, 5) is 67.1. The summed E-state index contributed by atoms with van der Waals surface area (Å²) in [5.41, 5.74) is 1.04. The summed E-state index contributed by atoms with van der Waals surface area (Å²) < 4.78 is 0.516. The molecule has 4 rings (SSSR count). The van der Waals surface area contributed by atoms with E-state index in [-0.39, 0.29) is 48.4 Å². The van der Waals surface area contributed by atoms with Crippen LogP contribution in [-0.4, -0.2) is 45.2 Å². The van der Waals surface area contributed by atoms with Gasteiger partial charge < -0.3 is 5.32 Å². The van der Waals surface area contributed by atoms with Crippen molar-refractivity contribution in [2.45, 2.75) is 31.8 Å². The highest BCUT2D eigenvalue weighted by atomic mass is 79.9. The van der Waals surface area contributed by atoms with E-state index in [0.717, 1.165) is 4.90 Å². The van der Waals surface area contributed by atoms with Gasteiger partial charge >= 0.3 is 0 Å². The molecule has 0 bridgehead atoms. The van der Waals surface area contributed by atoms with Gasteiger partial charge in [0, 0.05) is 13.0 Å². The molecule has 1 atom stereocenters. The zero-order valence-corrected chi connectivity index (χ0v) is 17.3. The molecule has 1 aromatic carbocycles. The van der Waals surface area contributed by atoms with Crippen LogP contribution in [0.4, 0.5) is 0 Å². The molecule has 1 fully saturated rings. The van der Waals surface area contributed by atoms with E-state index in [1.54, 1.807) is 30.3 Å². The molecule has 1 unspecified atom stereocenters. The van der Waals surface area contributed by atoms with Crippen molar-refractivity contribution in [1.29, 1.82) is 0 Å². The van der Waals surface area contributed by atoms with Gasteiger partial charge in [0.05, 0.1) is 23.6 Å². The number of nitrogens with one attached hydrogen (secondary N) is 1. The van der Waals surface area contributed by atoms with E-state index < -0.39 is 29.5 Å². The third-order valence-electron chi connectivity index (χ3n) is 5.17. The zero-order chi connectivity index (χ0) is 21.4. The van der Waals surface area contributed by atoms with Crippen molar-refractivity contribution in [1.82, 2.24) is 15.2 Å². The molecule has 1 aliphatic heterocycles. The summed E-state index contributed by atoms with van der Waals surface area (Å²) in [6, 6.07) is 8.80. The predicted molar refractivity (Wildman–Crippen MR) is 108 cm³/mol. The Morgan fingerprint density at radius 1 is 1.10 bits per heavy atom. The number of halogens is 1. The monoisotopic (exact) mass is 469 g/mol. The average molecular weight is 470 g/mol. The Morgan fingerprint density at radius 2 is 1.87 bits per heavy atom. The third kappa shape index (κ3) is 3.56. The lowest BCUT2D eigenvalue weighted by atomic mass is 9.92. The third-order valence-corrected chi connectivity index (χ3v) is 5.61. The molecule has 1 saturated carbocycles. The van der Waals surface area contributed by atoms with Gasteiger partial charge in [-0.3, -0.25) is 28.9 Å². The first-order valence-corrected chi connectivity index (χ1v) is 10.1. The number of imide groups is 1. The van der Waals surface area contributed by atoms with Gasteiger partial charge in [0.2, 0.25) is 0 Å². The Hall–Kier alpha value is -3.20. The number of carbonyl (C=O) groups is 5. The Bertz CT molecular complexity index is 1110. The number of Topliss-reactive ketones (excluding diaryl/α,β-unsaturated/α-hetero) is 2. The van der Waals surface area contributed by atoms with Gasteiger partial charge in [0.15, 0.2) is 5.78 Å². The number of ketones is 2. The van der Waals surface area contributed by atoms with Crippen LogP contribution in [0.15, 0.2) is 41.0 Å². The van der Waals surface area contributed by atoms with Crippen molar-refractivity contribution in [3.8, 4) is 0 Å². The number of aromatic nitrogens is 1. The fraction of sp³-hybridized carbons (Fsp3) is 0.238. The topological polar surface area (TPSA) is 114 Å². The summed E-state index contributed by atoms with van der Waals surface area (Å²) in [5.74, 6) is -2.16. The van der Waals surface area contributed by atoms with Crippen LogP contribution in [0.25, 0.3) is 0 Å². The van der Waals surface area contributed by atoms with Crippen molar-refractivity contribution in [2.75, 3.05) is 0 Å². The summed E-state index contributed by atoms with van der Waals surface area (Å²) >= 11 is 3.21. The van der Waals surface area contributed by atoms with Crippen LogP contribution in [0.2, 0.25) is 0 Å². The maximum Gasteiger partial charge on any atom is 0.270 e. The molecule has 8 nitrogen and oxygen atoms in total. The summed E-state index contributed by atoms with van der Waals surface area (Å²) in [6.07, 6.45) is 0.0384. The first-order chi connectivity index (χ1) is 14.4. The second-order valence-corrected chi connectivity index (χ2v) is 7.90. The van der Waals surface area contributed by atoms with Crippen LogP contribution in [0.3, 0.4) is 0 Å². The standard InChI is InChI=1S/C21H16BrN3O5/c22-17-6-2-5-14(24-17)19(28)23-10-11-3-1-4-13-18(11)21(30)25(20(13)29)15-8-7-12(26)9-16(15)27/h1-6,15H,7-10H2,(H,23,28). The van der Waals surface area contributed by atoms with Crippen LogP contribution in [0, 0.1) is 0 Å². The van der Waals surface area contributed by atoms with Crippen molar-refractivity contribution in [2.24, 2.45) is 0 Å². The number of hydrogen-bond donors (Lipinski definition) is 1. The number of pyridine rings is 1. The van der Waals surface area contributed by atoms with Crippen LogP contribution in [0.5, 0.6) is 0 Å². The quantitative estimate of drug-likeness (QED) is 0.416. The molecule has 152 valence electrons. The average Bonchev–Trinajstić information content (AvgIpc) is 2.97. The summed E-state index contributed by atoms with van der Waals surface area (Å²) in [7, 11) is 0. The highest BCUT2D eigenvalue weighted by Crippen LogP contribution is 2.31. The van der Waals surface area contributed by atoms with Gasteiger partial charge in [-0.1, -0.05) is 18.2 Å². The maximum atomic E-state index is 13.1. The number of carbonyl (C=O) groups excluding carboxylic acids is 5. The fourth-order valence-electron chi connectivity index (χ4n) is 3.74. The van der Waals surface area contributed by atoms with Gasteiger partial charge in [-0.2, -0.15) is 0 Å². The molecule has 3 amide bonds. The molecule has 0 saturated heterocycles. The van der Waals surface area contributed by atoms with Gasteiger partial charge in [0.25, 0.3) is 17.7 Å². The van der Waals surface area contributed by atoms with Crippen LogP contribution in [-0.2, 0) is 16.1 Å². The molecular formula is C21H16BrN3O5. The number of fused-ring (bicyclic) bond motifs is 1. The van der Waals surface area contributed by atoms with E-state index in [9.17, 15) is 24.0 Å². The lowest BCUT2D eigenvalue weighted by Crippen LogP contribution is -2.47. The fourth-order valence-corrected chi connectivity index (χ4v) is 4.08. The van der Waals surface area contributed by atoms with Gasteiger partial charge in [-0.05, 0) is 46.1 Å². The molecule has 9 heteroatoms. The molecule has 0 spiro atoms. The first kappa shape index (κ1) is 20.1. The van der Waals surface area contributed by atoms with Gasteiger partial charge in [0.1, 0.15) is 16.1 Å². The molecule has 30 heavy (non-hydrogen) atoms. The minimum atomic E-state index is -0.927. The highest BCUT2D eigenvalue weighted by molar-refractivity contribution is 9.10. The summed E-state index contributed by atoms with van der Waals surface area (Å²) in [5, 5.41) is 2.70. The van der Waals surface area contributed by atoms with Crippen LogP contribution in [0.1, 0.15) is 56.0 Å². The van der Waals surface area contributed by atoms with Crippen molar-refractivity contribution in [3.05, 3.63) is 63.4 Å². The minimum Gasteiger partial charge on any atom is -0.347 e. The minimum absolute atomic E-state index is 0.0140. The lowest BCUT2D eigenvalue weighted by Gasteiger charge is -2.27. The van der Waals surface area contributed by atoms with Crippen LogP contribution >= 0.6 is 15.9 Å². The number of benzene rings is 1. The van der Waals surface area contributed by atoms with Gasteiger partial charge in [-0.25, -0.2) is 4.98 Å². The Labute approximate surface area is 179 Å². The van der Waals surface area contributed by atoms with Crippen LogP contribution < -0.4 is 5.32 Å². The number of amides is 3. The normalized spacial score (nSPS) is 18.6. The molecule has 1 aliphatic carbocycles. The second-order valence-electron chi connectivity index (χ2n) is 7.08. The first-order valence-electron chi connectivity index (χ1n) is 9.31. The van der Waals surface area contributed by atoms with E-state index in [2.05, 4.69) is 26.2 Å². The Kier molecular flexibility index (Phi) is 5.29. The molecule has 2 aliphatic rings. The smallest absolute Gasteiger partial charge is 0.270 e. The molecule has 1 N–H and O–H groups in total. The Morgan fingerprint density at radius 3 is 2.60 bits per heavy atom.